The molecule has 0 spiro atoms. The Kier molecular flexibility index (Phi) is 5.60. The first-order valence-electron chi connectivity index (χ1n) is 7.54. The fourth-order valence-corrected chi connectivity index (χ4v) is 5.24. The van der Waals surface area contributed by atoms with E-state index in [1.54, 1.807) is 23.5 Å². The van der Waals surface area contributed by atoms with Gasteiger partial charge in [0.25, 0.3) is 0 Å². The number of nitrogens with zero attached hydrogens (tertiary/aromatic N) is 2. The van der Waals surface area contributed by atoms with E-state index >= 15 is 0 Å². The molecule has 0 aromatic heterocycles. The molecule has 1 heterocycles. The summed E-state index contributed by atoms with van der Waals surface area (Å²) < 4.78 is 0.573. The summed E-state index contributed by atoms with van der Waals surface area (Å²) in [7, 11) is 0. The van der Waals surface area contributed by atoms with E-state index in [-0.39, 0.29) is 6.04 Å². The maximum atomic E-state index is 9.83. The van der Waals surface area contributed by atoms with Crippen molar-refractivity contribution < 1.29 is 0 Å². The third-order valence-electron chi connectivity index (χ3n) is 4.03. The Bertz CT molecular complexity index is 755. The first-order chi connectivity index (χ1) is 11.7. The van der Waals surface area contributed by atoms with E-state index in [1.807, 2.05) is 36.6 Å². The lowest BCUT2D eigenvalue weighted by Gasteiger charge is -2.30. The Hall–Kier alpha value is -1.35. The Labute approximate surface area is 160 Å². The van der Waals surface area contributed by atoms with Crippen molar-refractivity contribution in [2.45, 2.75) is 10.1 Å². The van der Waals surface area contributed by atoms with E-state index in [0.717, 1.165) is 21.6 Å². The Morgan fingerprint density at radius 3 is 2.58 bits per heavy atom. The van der Waals surface area contributed by atoms with Gasteiger partial charge in [-0.1, -0.05) is 58.4 Å². The van der Waals surface area contributed by atoms with Crippen LogP contribution in [0, 0.1) is 11.3 Å². The monoisotopic (exact) mass is 416 g/mol. The van der Waals surface area contributed by atoms with E-state index in [2.05, 4.69) is 63.3 Å². The molecule has 2 nitrogen and oxygen atoms in total. The molecule has 122 valence electrons. The maximum absolute atomic E-state index is 9.83. The van der Waals surface area contributed by atoms with Gasteiger partial charge in [-0.3, -0.25) is 0 Å². The molecule has 2 atom stereocenters. The van der Waals surface area contributed by atoms with Crippen LogP contribution < -0.4 is 4.90 Å². The minimum atomic E-state index is -0.488. The largest absolute Gasteiger partial charge is 0.352 e. The molecule has 0 N–H and O–H groups in total. The topological polar surface area (TPSA) is 27.0 Å². The number of benzene rings is 2. The fraction of sp³-hybridized carbons (Fsp3) is 0.211. The van der Waals surface area contributed by atoms with Crippen LogP contribution in [0.3, 0.4) is 0 Å². The van der Waals surface area contributed by atoms with E-state index in [0.29, 0.717) is 0 Å². The van der Waals surface area contributed by atoms with Crippen molar-refractivity contribution in [3.8, 4) is 6.07 Å². The van der Waals surface area contributed by atoms with Gasteiger partial charge in [0.1, 0.15) is 0 Å². The molecule has 1 saturated heterocycles. The molecule has 5 heteroatoms. The molecule has 0 bridgehead atoms. The lowest BCUT2D eigenvalue weighted by molar-refractivity contribution is 0.777. The van der Waals surface area contributed by atoms with Crippen LogP contribution in [-0.2, 0) is 0 Å². The number of rotatable bonds is 4. The highest BCUT2D eigenvalue weighted by Crippen LogP contribution is 2.48. The third-order valence-corrected chi connectivity index (χ3v) is 7.52. The van der Waals surface area contributed by atoms with Crippen LogP contribution >= 0.6 is 39.5 Å². The summed E-state index contributed by atoms with van der Waals surface area (Å²) >= 11 is 6.82. The molecule has 0 radical (unpaired) electrons. The van der Waals surface area contributed by atoms with Crippen molar-refractivity contribution in [3.05, 3.63) is 70.7 Å². The molecule has 24 heavy (non-hydrogen) atoms. The summed E-state index contributed by atoms with van der Waals surface area (Å²) in [5, 5.41) is 9.83. The molecule has 0 amide bonds. The van der Waals surface area contributed by atoms with E-state index in [9.17, 15) is 5.26 Å². The Morgan fingerprint density at radius 1 is 1.25 bits per heavy atom. The molecule has 2 aromatic carbocycles. The molecule has 3 rings (SSSR count). The lowest BCUT2D eigenvalue weighted by Crippen LogP contribution is -2.39. The van der Waals surface area contributed by atoms with Crippen molar-refractivity contribution in [1.82, 2.24) is 0 Å². The molecule has 2 aromatic rings. The van der Waals surface area contributed by atoms with Crippen molar-refractivity contribution >= 4 is 51.2 Å². The van der Waals surface area contributed by atoms with Gasteiger partial charge in [-0.25, -0.2) is 0 Å². The average molecular weight is 417 g/mol. The van der Waals surface area contributed by atoms with E-state index in [4.69, 9.17) is 0 Å². The molecule has 0 aliphatic carbocycles. The molecule has 0 saturated carbocycles. The van der Waals surface area contributed by atoms with E-state index < -0.39 is 4.08 Å². The highest BCUT2D eigenvalue weighted by molar-refractivity contribution is 9.10. The first kappa shape index (κ1) is 17.5. The van der Waals surface area contributed by atoms with Gasteiger partial charge in [0, 0.05) is 10.2 Å². The van der Waals surface area contributed by atoms with Crippen LogP contribution in [0.5, 0.6) is 0 Å². The summed E-state index contributed by atoms with van der Waals surface area (Å²) in [6, 6.07) is 21.1. The molecule has 1 fully saturated rings. The second kappa shape index (κ2) is 7.69. The number of hydrogen-bond donors (Lipinski definition) is 0. The predicted molar refractivity (Wildman–Crippen MR) is 110 cm³/mol. The smallest absolute Gasteiger partial charge is 0.173 e. The van der Waals surface area contributed by atoms with Crippen molar-refractivity contribution in [2.75, 3.05) is 17.0 Å². The van der Waals surface area contributed by atoms with Gasteiger partial charge in [-0.15, -0.1) is 23.5 Å². The number of thioether (sulfide) groups is 2. The Morgan fingerprint density at radius 2 is 1.96 bits per heavy atom. The average Bonchev–Trinajstić information content (AvgIpc) is 3.00. The number of halogens is 1. The molecule has 1 aliphatic rings. The van der Waals surface area contributed by atoms with Crippen LogP contribution in [0.25, 0.3) is 6.08 Å². The van der Waals surface area contributed by atoms with Crippen molar-refractivity contribution in [3.63, 3.8) is 0 Å². The van der Waals surface area contributed by atoms with E-state index in [1.165, 1.54) is 0 Å². The van der Waals surface area contributed by atoms with Crippen LogP contribution in [-0.4, -0.2) is 22.3 Å². The fourth-order valence-electron chi connectivity index (χ4n) is 2.72. The van der Waals surface area contributed by atoms with Crippen LogP contribution in [0.2, 0.25) is 0 Å². The summed E-state index contributed by atoms with van der Waals surface area (Å²) in [6.45, 7) is 0. The summed E-state index contributed by atoms with van der Waals surface area (Å²) in [5.74, 6) is 0.805. The zero-order chi connectivity index (χ0) is 17.0. The highest BCUT2D eigenvalue weighted by atomic mass is 79.9. The molecular weight excluding hydrogens is 400 g/mol. The summed E-state index contributed by atoms with van der Waals surface area (Å²) in [5.41, 5.74) is 2.29. The predicted octanol–water partition coefficient (Wildman–Crippen LogP) is 5.62. The molecule has 0 unspecified atom stereocenters. The third kappa shape index (κ3) is 3.51. The zero-order valence-corrected chi connectivity index (χ0v) is 16.4. The van der Waals surface area contributed by atoms with Gasteiger partial charge in [0.05, 0.1) is 18.0 Å². The number of nitriles is 1. The van der Waals surface area contributed by atoms with Crippen molar-refractivity contribution in [2.24, 2.45) is 0 Å². The van der Waals surface area contributed by atoms with Crippen LogP contribution in [0.4, 0.5) is 5.69 Å². The quantitative estimate of drug-likeness (QED) is 0.645. The van der Waals surface area contributed by atoms with Crippen LogP contribution in [0.1, 0.15) is 5.56 Å². The maximum Gasteiger partial charge on any atom is 0.173 e. The number of anilines is 1. The zero-order valence-electron chi connectivity index (χ0n) is 13.2. The van der Waals surface area contributed by atoms with Gasteiger partial charge in [0.2, 0.25) is 0 Å². The standard InChI is InChI=1S/C19H17BrN2S2/c1-23-19(13-21)18(12-7-15-5-3-2-4-6-15)22(14-24-19)17-10-8-16(20)9-11-17/h2-12,18H,14H2,1H3/b12-7+/t18-,19-/m1/s1. The summed E-state index contributed by atoms with van der Waals surface area (Å²) in [4.78, 5) is 2.30. The Balaban J connectivity index is 1.95. The first-order valence-corrected chi connectivity index (χ1v) is 10.5. The SMILES string of the molecule is CS[C@]1(C#N)SCN(c2ccc(Br)cc2)[C@@H]1/C=C/c1ccccc1. The van der Waals surface area contributed by atoms with Crippen LogP contribution in [0.15, 0.2) is 65.1 Å². The second-order valence-electron chi connectivity index (χ2n) is 5.42. The molecule has 1 aliphatic heterocycles. The minimum absolute atomic E-state index is 0.0175. The lowest BCUT2D eigenvalue weighted by atomic mass is 10.1. The van der Waals surface area contributed by atoms with Gasteiger partial charge in [-0.05, 0) is 36.1 Å². The van der Waals surface area contributed by atoms with Gasteiger partial charge < -0.3 is 4.90 Å². The normalized spacial score (nSPS) is 23.5. The van der Waals surface area contributed by atoms with Gasteiger partial charge in [-0.2, -0.15) is 5.26 Å². The van der Waals surface area contributed by atoms with Crippen molar-refractivity contribution in [1.29, 1.82) is 5.26 Å². The number of hydrogen-bond acceptors (Lipinski definition) is 4. The second-order valence-corrected chi connectivity index (χ2v) is 8.83. The summed E-state index contributed by atoms with van der Waals surface area (Å²) in [6.07, 6.45) is 6.30. The van der Waals surface area contributed by atoms with Gasteiger partial charge >= 0.3 is 0 Å². The van der Waals surface area contributed by atoms with Gasteiger partial charge in [0.15, 0.2) is 4.08 Å². The molecular formula is C19H17BrN2S2. The minimum Gasteiger partial charge on any atom is -0.352 e. The highest BCUT2D eigenvalue weighted by Gasteiger charge is 2.47.